The van der Waals surface area contributed by atoms with E-state index in [1.54, 1.807) is 12.1 Å². The number of hydrogen-bond donors (Lipinski definition) is 2. The Bertz CT molecular complexity index is 897. The smallest absolute Gasteiger partial charge is 0.241 e. The zero-order valence-electron chi connectivity index (χ0n) is 15.4. The van der Waals surface area contributed by atoms with Gasteiger partial charge in [0.2, 0.25) is 11.7 Å². The Kier molecular flexibility index (Phi) is 5.91. The van der Waals surface area contributed by atoms with E-state index in [0.717, 1.165) is 24.3 Å². The first-order chi connectivity index (χ1) is 13.8. The highest BCUT2D eigenvalue weighted by Crippen LogP contribution is 2.22. The van der Waals surface area contributed by atoms with Crippen LogP contribution in [0.2, 0.25) is 0 Å². The number of para-hydroxylation sites is 1. The van der Waals surface area contributed by atoms with Crippen LogP contribution >= 0.6 is 0 Å². The Labute approximate surface area is 162 Å². The molecule has 0 spiro atoms. The molecule has 0 radical (unpaired) electrons. The second kappa shape index (κ2) is 8.92. The molecule has 2 N–H and O–H groups in total. The fourth-order valence-electron chi connectivity index (χ4n) is 3.00. The van der Waals surface area contributed by atoms with E-state index in [1.165, 1.54) is 6.07 Å². The number of benzene rings is 2. The summed E-state index contributed by atoms with van der Waals surface area (Å²) in [5.41, 5.74) is 8.41. The number of hydrogen-bond acceptors (Lipinski definition) is 7. The van der Waals surface area contributed by atoms with E-state index in [4.69, 9.17) is 9.26 Å². The van der Waals surface area contributed by atoms with Gasteiger partial charge < -0.3 is 14.7 Å². The third-order valence-corrected chi connectivity index (χ3v) is 4.50. The number of hydrazine groups is 1. The standard InChI is InChI=1S/C20H22FN5O2/c21-18-7-6-15(13-22-24-16-4-2-1-3-5-16)12-17(18)20-23-19(28-25-20)14-26-8-10-27-11-9-26/h1-7,12,22,24H,8-11,13-14H2. The van der Waals surface area contributed by atoms with Crippen LogP contribution in [0.4, 0.5) is 10.1 Å². The summed E-state index contributed by atoms with van der Waals surface area (Å²) >= 11 is 0. The number of morpholine rings is 1. The number of nitrogens with zero attached hydrogens (tertiary/aromatic N) is 3. The molecule has 3 aromatic rings. The monoisotopic (exact) mass is 383 g/mol. The van der Waals surface area contributed by atoms with Crippen molar-refractivity contribution in [2.75, 3.05) is 31.7 Å². The predicted octanol–water partition coefficient (Wildman–Crippen LogP) is 2.82. The van der Waals surface area contributed by atoms with E-state index in [9.17, 15) is 4.39 Å². The second-order valence-corrected chi connectivity index (χ2v) is 6.56. The topological polar surface area (TPSA) is 75.5 Å². The van der Waals surface area contributed by atoms with Crippen molar-refractivity contribution in [2.24, 2.45) is 0 Å². The summed E-state index contributed by atoms with van der Waals surface area (Å²) in [5, 5.41) is 3.96. The van der Waals surface area contributed by atoms with Gasteiger partial charge in [0.05, 0.1) is 25.3 Å². The van der Waals surface area contributed by atoms with Gasteiger partial charge in [0.25, 0.3) is 0 Å². The zero-order valence-corrected chi connectivity index (χ0v) is 15.4. The fraction of sp³-hybridized carbons (Fsp3) is 0.300. The van der Waals surface area contributed by atoms with Crippen LogP contribution in [0.15, 0.2) is 53.1 Å². The van der Waals surface area contributed by atoms with Gasteiger partial charge in [0, 0.05) is 25.3 Å². The van der Waals surface area contributed by atoms with Gasteiger partial charge in [0.1, 0.15) is 5.82 Å². The molecule has 1 aliphatic rings. The molecule has 4 rings (SSSR count). The highest BCUT2D eigenvalue weighted by Gasteiger charge is 2.17. The summed E-state index contributed by atoms with van der Waals surface area (Å²) < 4.78 is 25.0. The average Bonchev–Trinajstić information content (AvgIpc) is 3.19. The maximum atomic E-state index is 14.3. The lowest BCUT2D eigenvalue weighted by atomic mass is 10.1. The molecule has 28 heavy (non-hydrogen) atoms. The third-order valence-electron chi connectivity index (χ3n) is 4.50. The van der Waals surface area contributed by atoms with Crippen LogP contribution in [-0.4, -0.2) is 41.3 Å². The lowest BCUT2D eigenvalue weighted by Gasteiger charge is -2.24. The van der Waals surface area contributed by atoms with Gasteiger partial charge in [-0.3, -0.25) is 4.90 Å². The predicted molar refractivity (Wildman–Crippen MR) is 103 cm³/mol. The Morgan fingerprint density at radius 3 is 2.71 bits per heavy atom. The van der Waals surface area contributed by atoms with Gasteiger partial charge in [0.15, 0.2) is 0 Å². The van der Waals surface area contributed by atoms with Gasteiger partial charge in [-0.2, -0.15) is 4.98 Å². The molecule has 7 nitrogen and oxygen atoms in total. The number of anilines is 1. The Hall–Kier alpha value is -2.81. The lowest BCUT2D eigenvalue weighted by Crippen LogP contribution is -2.35. The lowest BCUT2D eigenvalue weighted by molar-refractivity contribution is 0.0297. The van der Waals surface area contributed by atoms with Gasteiger partial charge in [-0.05, 0) is 29.8 Å². The molecule has 1 aliphatic heterocycles. The molecule has 0 atom stereocenters. The van der Waals surface area contributed by atoms with E-state index >= 15 is 0 Å². The normalized spacial score (nSPS) is 14.9. The third kappa shape index (κ3) is 4.72. The maximum Gasteiger partial charge on any atom is 0.241 e. The molecule has 0 bridgehead atoms. The van der Waals surface area contributed by atoms with E-state index in [0.29, 0.717) is 37.8 Å². The van der Waals surface area contributed by atoms with Crippen LogP contribution in [0.3, 0.4) is 0 Å². The fourth-order valence-corrected chi connectivity index (χ4v) is 3.00. The Balaban J connectivity index is 1.40. The SMILES string of the molecule is Fc1ccc(CNNc2ccccc2)cc1-c1noc(CN2CCOCC2)n1. The molecule has 2 heterocycles. The van der Waals surface area contributed by atoms with Gasteiger partial charge in [-0.15, -0.1) is 0 Å². The first kappa shape index (κ1) is 18.5. The highest BCUT2D eigenvalue weighted by molar-refractivity contribution is 5.56. The highest BCUT2D eigenvalue weighted by atomic mass is 19.1. The minimum atomic E-state index is -0.376. The van der Waals surface area contributed by atoms with Crippen molar-refractivity contribution >= 4 is 5.69 Å². The van der Waals surface area contributed by atoms with Crippen molar-refractivity contribution in [3.8, 4) is 11.4 Å². The van der Waals surface area contributed by atoms with Crippen molar-refractivity contribution in [1.82, 2.24) is 20.5 Å². The van der Waals surface area contributed by atoms with Gasteiger partial charge in [-0.1, -0.05) is 29.4 Å². The first-order valence-corrected chi connectivity index (χ1v) is 9.23. The van der Waals surface area contributed by atoms with Crippen molar-refractivity contribution < 1.29 is 13.7 Å². The van der Waals surface area contributed by atoms with Crippen molar-refractivity contribution in [1.29, 1.82) is 0 Å². The largest absolute Gasteiger partial charge is 0.379 e. The van der Waals surface area contributed by atoms with Crippen LogP contribution < -0.4 is 10.9 Å². The molecule has 1 aromatic heterocycles. The molecule has 0 amide bonds. The van der Waals surface area contributed by atoms with E-state index in [1.807, 2.05) is 30.3 Å². The Morgan fingerprint density at radius 2 is 1.89 bits per heavy atom. The molecule has 0 saturated carbocycles. The molecule has 1 saturated heterocycles. The quantitative estimate of drug-likeness (QED) is 0.608. The molecule has 0 unspecified atom stereocenters. The number of nitrogens with one attached hydrogen (secondary N) is 2. The van der Waals surface area contributed by atoms with E-state index in [2.05, 4.69) is 25.9 Å². The minimum Gasteiger partial charge on any atom is -0.379 e. The van der Waals surface area contributed by atoms with E-state index in [-0.39, 0.29) is 11.6 Å². The Morgan fingerprint density at radius 1 is 1.07 bits per heavy atom. The summed E-state index contributed by atoms with van der Waals surface area (Å²) in [6, 6.07) is 14.7. The van der Waals surface area contributed by atoms with Crippen molar-refractivity contribution in [3.05, 3.63) is 65.8 Å². The van der Waals surface area contributed by atoms with E-state index < -0.39 is 0 Å². The molecule has 146 valence electrons. The van der Waals surface area contributed by atoms with Crippen LogP contribution in [0.25, 0.3) is 11.4 Å². The number of ether oxygens (including phenoxy) is 1. The summed E-state index contributed by atoms with van der Waals surface area (Å²) in [7, 11) is 0. The maximum absolute atomic E-state index is 14.3. The molecule has 0 aliphatic carbocycles. The number of rotatable bonds is 7. The van der Waals surface area contributed by atoms with Gasteiger partial charge >= 0.3 is 0 Å². The average molecular weight is 383 g/mol. The second-order valence-electron chi connectivity index (χ2n) is 6.56. The van der Waals surface area contributed by atoms with Crippen LogP contribution in [0.5, 0.6) is 0 Å². The molecule has 1 fully saturated rings. The summed E-state index contributed by atoms with van der Waals surface area (Å²) in [6.07, 6.45) is 0. The summed E-state index contributed by atoms with van der Waals surface area (Å²) in [4.78, 5) is 6.54. The number of halogens is 1. The summed E-state index contributed by atoms with van der Waals surface area (Å²) in [5.74, 6) is 0.364. The number of aromatic nitrogens is 2. The zero-order chi connectivity index (χ0) is 19.2. The van der Waals surface area contributed by atoms with Crippen molar-refractivity contribution in [2.45, 2.75) is 13.1 Å². The van der Waals surface area contributed by atoms with Crippen LogP contribution in [-0.2, 0) is 17.8 Å². The first-order valence-electron chi connectivity index (χ1n) is 9.23. The van der Waals surface area contributed by atoms with Crippen molar-refractivity contribution in [3.63, 3.8) is 0 Å². The molecule has 8 heteroatoms. The van der Waals surface area contributed by atoms with Gasteiger partial charge in [-0.25, -0.2) is 9.82 Å². The minimum absolute atomic E-state index is 0.263. The van der Waals surface area contributed by atoms with Crippen LogP contribution in [0.1, 0.15) is 11.5 Å². The van der Waals surface area contributed by atoms with Crippen LogP contribution in [0, 0.1) is 5.82 Å². The molecular weight excluding hydrogens is 361 g/mol. The summed E-state index contributed by atoms with van der Waals surface area (Å²) in [6.45, 7) is 4.09. The molecule has 2 aromatic carbocycles. The molecular formula is C20H22FN5O2.